The van der Waals surface area contributed by atoms with Gasteiger partial charge in [0.15, 0.2) is 0 Å². The molecule has 1 atom stereocenters. The van der Waals surface area contributed by atoms with Gasteiger partial charge in [-0.15, -0.1) is 0 Å². The minimum absolute atomic E-state index is 0.264. The molecule has 0 aliphatic carbocycles. The van der Waals surface area contributed by atoms with E-state index < -0.39 is 0 Å². The van der Waals surface area contributed by atoms with Gasteiger partial charge in [0.25, 0.3) is 0 Å². The summed E-state index contributed by atoms with van der Waals surface area (Å²) in [6.07, 6.45) is -0.264. The lowest BCUT2D eigenvalue weighted by atomic mass is 10.1. The van der Waals surface area contributed by atoms with Crippen molar-refractivity contribution >= 4 is 11.7 Å². The Kier molecular flexibility index (Phi) is 4.31. The number of anilines is 1. The Hall–Kier alpha value is -1.55. The number of methoxy groups -OCH3 is 1. The van der Waals surface area contributed by atoms with E-state index in [0.717, 1.165) is 5.56 Å². The third-order valence-corrected chi connectivity index (χ3v) is 2.22. The highest BCUT2D eigenvalue weighted by atomic mass is 16.6. The Bertz CT molecular complexity index is 377. The highest BCUT2D eigenvalue weighted by molar-refractivity contribution is 5.90. The summed E-state index contributed by atoms with van der Waals surface area (Å²) in [5.41, 5.74) is 7.72. The van der Waals surface area contributed by atoms with Crippen molar-refractivity contribution in [2.75, 3.05) is 19.5 Å². The van der Waals surface area contributed by atoms with Crippen LogP contribution in [0.3, 0.4) is 0 Å². The number of carbonyl (C=O) groups excluding carboxylic acids is 1. The van der Waals surface area contributed by atoms with Gasteiger partial charge in [0.2, 0.25) is 0 Å². The van der Waals surface area contributed by atoms with Crippen LogP contribution in [-0.4, -0.2) is 25.8 Å². The van der Waals surface area contributed by atoms with Gasteiger partial charge in [-0.25, -0.2) is 4.79 Å². The van der Waals surface area contributed by atoms with Crippen molar-refractivity contribution in [1.82, 2.24) is 0 Å². The molecule has 0 radical (unpaired) electrons. The van der Waals surface area contributed by atoms with Crippen molar-refractivity contribution in [3.63, 3.8) is 0 Å². The third kappa shape index (κ3) is 3.24. The average molecular weight is 223 g/mol. The number of hydrogen-bond donors (Lipinski definition) is 1. The second kappa shape index (κ2) is 5.51. The molecule has 0 aliphatic heterocycles. The zero-order chi connectivity index (χ0) is 12.1. The first-order valence-corrected chi connectivity index (χ1v) is 5.10. The Morgan fingerprint density at radius 3 is 2.75 bits per heavy atom. The maximum Gasteiger partial charge on any atom is 0.338 e. The molecule has 0 saturated heterocycles. The molecule has 0 heterocycles. The predicted octanol–water partition coefficient (Wildman–Crippen LogP) is 1.77. The fourth-order valence-corrected chi connectivity index (χ4v) is 1.29. The van der Waals surface area contributed by atoms with Crippen molar-refractivity contribution in [1.29, 1.82) is 0 Å². The first-order chi connectivity index (χ1) is 7.54. The molecule has 1 aromatic carbocycles. The molecule has 0 aliphatic rings. The van der Waals surface area contributed by atoms with E-state index in [1.54, 1.807) is 32.2 Å². The van der Waals surface area contributed by atoms with E-state index in [2.05, 4.69) is 0 Å². The largest absolute Gasteiger partial charge is 0.457 e. The quantitative estimate of drug-likeness (QED) is 0.624. The smallest absolute Gasteiger partial charge is 0.338 e. The van der Waals surface area contributed by atoms with Crippen LogP contribution in [0, 0.1) is 6.92 Å². The topological polar surface area (TPSA) is 61.5 Å². The molecule has 2 N–H and O–H groups in total. The van der Waals surface area contributed by atoms with Crippen LogP contribution < -0.4 is 5.73 Å². The monoisotopic (exact) mass is 223 g/mol. The van der Waals surface area contributed by atoms with Crippen LogP contribution >= 0.6 is 0 Å². The van der Waals surface area contributed by atoms with Gasteiger partial charge in [0.05, 0.1) is 12.2 Å². The van der Waals surface area contributed by atoms with Crippen LogP contribution in [0.2, 0.25) is 0 Å². The van der Waals surface area contributed by atoms with E-state index in [1.165, 1.54) is 0 Å². The number of carbonyl (C=O) groups is 1. The van der Waals surface area contributed by atoms with E-state index in [1.807, 2.05) is 6.92 Å². The van der Waals surface area contributed by atoms with Gasteiger partial charge >= 0.3 is 5.97 Å². The molecular formula is C12H17NO3. The molecule has 4 nitrogen and oxygen atoms in total. The summed E-state index contributed by atoms with van der Waals surface area (Å²) in [4.78, 5) is 11.7. The molecule has 1 unspecified atom stereocenters. The number of esters is 1. The van der Waals surface area contributed by atoms with Gasteiger partial charge in [-0.05, 0) is 31.5 Å². The lowest BCUT2D eigenvalue weighted by molar-refractivity contribution is 0.0120. The maximum atomic E-state index is 11.7. The Labute approximate surface area is 95.3 Å². The van der Waals surface area contributed by atoms with Crippen LogP contribution in [0.5, 0.6) is 0 Å². The van der Waals surface area contributed by atoms with Gasteiger partial charge in [-0.2, -0.15) is 0 Å². The number of nitrogen functional groups attached to an aromatic ring is 1. The first kappa shape index (κ1) is 12.5. The van der Waals surface area contributed by atoms with E-state index in [0.29, 0.717) is 17.9 Å². The molecular weight excluding hydrogens is 206 g/mol. The average Bonchev–Trinajstić information content (AvgIpc) is 2.22. The summed E-state index contributed by atoms with van der Waals surface area (Å²) in [7, 11) is 1.56. The molecule has 88 valence electrons. The Morgan fingerprint density at radius 1 is 1.50 bits per heavy atom. The molecule has 0 fully saturated rings. The number of nitrogens with two attached hydrogens (primary N) is 1. The summed E-state index contributed by atoms with van der Waals surface area (Å²) in [6.45, 7) is 4.05. The summed E-state index contributed by atoms with van der Waals surface area (Å²) in [6, 6.07) is 5.12. The van der Waals surface area contributed by atoms with Crippen molar-refractivity contribution < 1.29 is 14.3 Å². The SMILES string of the molecule is COCC(C)OC(=O)c1ccc(C)c(N)c1. The zero-order valence-corrected chi connectivity index (χ0v) is 9.82. The molecule has 0 amide bonds. The van der Waals surface area contributed by atoms with Crippen molar-refractivity contribution in [3.05, 3.63) is 29.3 Å². The van der Waals surface area contributed by atoms with Crippen LogP contribution in [0.15, 0.2) is 18.2 Å². The number of hydrogen-bond acceptors (Lipinski definition) is 4. The molecule has 0 aromatic heterocycles. The summed E-state index contributed by atoms with van der Waals surface area (Å²) >= 11 is 0. The van der Waals surface area contributed by atoms with Crippen LogP contribution in [0.1, 0.15) is 22.8 Å². The standard InChI is InChI=1S/C12H17NO3/c1-8-4-5-10(6-11(8)13)12(14)16-9(2)7-15-3/h4-6,9H,7,13H2,1-3H3. The Morgan fingerprint density at radius 2 is 2.19 bits per heavy atom. The molecule has 0 spiro atoms. The predicted molar refractivity (Wildman–Crippen MR) is 62.3 cm³/mol. The Balaban J connectivity index is 2.69. The zero-order valence-electron chi connectivity index (χ0n) is 9.82. The number of ether oxygens (including phenoxy) is 2. The van der Waals surface area contributed by atoms with Crippen LogP contribution in [0.25, 0.3) is 0 Å². The van der Waals surface area contributed by atoms with E-state index >= 15 is 0 Å². The van der Waals surface area contributed by atoms with E-state index in [9.17, 15) is 4.79 Å². The van der Waals surface area contributed by atoms with E-state index in [-0.39, 0.29) is 12.1 Å². The van der Waals surface area contributed by atoms with Gasteiger partial charge in [0.1, 0.15) is 6.10 Å². The summed E-state index contributed by atoms with van der Waals surface area (Å²) < 4.78 is 10.0. The molecule has 0 saturated carbocycles. The van der Waals surface area contributed by atoms with Gasteiger partial charge < -0.3 is 15.2 Å². The molecule has 4 heteroatoms. The maximum absolute atomic E-state index is 11.7. The second-order valence-corrected chi connectivity index (χ2v) is 3.74. The number of benzene rings is 1. The van der Waals surface area contributed by atoms with E-state index in [4.69, 9.17) is 15.2 Å². The molecule has 16 heavy (non-hydrogen) atoms. The highest BCUT2D eigenvalue weighted by Gasteiger charge is 2.12. The van der Waals surface area contributed by atoms with Crippen LogP contribution in [-0.2, 0) is 9.47 Å². The van der Waals surface area contributed by atoms with Crippen molar-refractivity contribution in [2.24, 2.45) is 0 Å². The lowest BCUT2D eigenvalue weighted by Crippen LogP contribution is -2.19. The number of rotatable bonds is 4. The van der Waals surface area contributed by atoms with Crippen molar-refractivity contribution in [3.8, 4) is 0 Å². The molecule has 1 rings (SSSR count). The minimum atomic E-state index is -0.378. The van der Waals surface area contributed by atoms with Gasteiger partial charge in [-0.1, -0.05) is 6.07 Å². The van der Waals surface area contributed by atoms with Gasteiger partial charge in [0, 0.05) is 12.8 Å². The normalized spacial score (nSPS) is 12.2. The second-order valence-electron chi connectivity index (χ2n) is 3.74. The van der Waals surface area contributed by atoms with Crippen LogP contribution in [0.4, 0.5) is 5.69 Å². The first-order valence-electron chi connectivity index (χ1n) is 5.10. The lowest BCUT2D eigenvalue weighted by Gasteiger charge is -2.12. The third-order valence-electron chi connectivity index (χ3n) is 2.22. The minimum Gasteiger partial charge on any atom is -0.457 e. The van der Waals surface area contributed by atoms with Crippen molar-refractivity contribution in [2.45, 2.75) is 20.0 Å². The van der Waals surface area contributed by atoms with Gasteiger partial charge in [-0.3, -0.25) is 0 Å². The highest BCUT2D eigenvalue weighted by Crippen LogP contribution is 2.14. The number of aryl methyl sites for hydroxylation is 1. The fraction of sp³-hybridized carbons (Fsp3) is 0.417. The molecule has 0 bridgehead atoms. The summed E-state index contributed by atoms with van der Waals surface area (Å²) in [5.74, 6) is -0.378. The fourth-order valence-electron chi connectivity index (χ4n) is 1.29. The molecule has 1 aromatic rings. The summed E-state index contributed by atoms with van der Waals surface area (Å²) in [5, 5.41) is 0.